The molecular weight excluding hydrogens is 320 g/mol. The van der Waals surface area contributed by atoms with E-state index in [2.05, 4.69) is 10.2 Å². The molecule has 1 amide bonds. The highest BCUT2D eigenvalue weighted by atomic mass is 32.1. The highest BCUT2D eigenvalue weighted by Crippen LogP contribution is 2.28. The van der Waals surface area contributed by atoms with E-state index in [-0.39, 0.29) is 11.8 Å². The van der Waals surface area contributed by atoms with Crippen molar-refractivity contribution in [2.45, 2.75) is 18.8 Å². The molecule has 24 heavy (non-hydrogen) atoms. The lowest BCUT2D eigenvalue weighted by atomic mass is 9.96. The maximum atomic E-state index is 12.6. The summed E-state index contributed by atoms with van der Waals surface area (Å²) in [7, 11) is 0. The molecule has 0 bridgehead atoms. The van der Waals surface area contributed by atoms with Crippen molar-refractivity contribution >= 4 is 17.2 Å². The first-order valence-corrected chi connectivity index (χ1v) is 9.04. The molecule has 1 fully saturated rings. The Morgan fingerprint density at radius 3 is 2.88 bits per heavy atom. The van der Waals surface area contributed by atoms with Crippen LogP contribution in [0.25, 0.3) is 5.69 Å². The predicted molar refractivity (Wildman–Crippen MR) is 93.6 cm³/mol. The molecule has 4 rings (SSSR count). The second-order valence-corrected chi connectivity index (χ2v) is 6.78. The summed E-state index contributed by atoms with van der Waals surface area (Å²) in [5.74, 6) is 1.26. The predicted octanol–water partition coefficient (Wildman–Crippen LogP) is 3.35. The molecule has 3 heterocycles. The maximum absolute atomic E-state index is 12.6. The molecule has 6 heteroatoms. The summed E-state index contributed by atoms with van der Waals surface area (Å²) in [6.45, 7) is 1.50. The molecule has 1 aliphatic rings. The van der Waals surface area contributed by atoms with Crippen molar-refractivity contribution in [1.29, 1.82) is 0 Å². The van der Waals surface area contributed by atoms with Crippen LogP contribution >= 0.6 is 11.3 Å². The van der Waals surface area contributed by atoms with Crippen LogP contribution in [0.2, 0.25) is 0 Å². The van der Waals surface area contributed by atoms with Gasteiger partial charge in [-0.3, -0.25) is 9.36 Å². The minimum atomic E-state index is 0.117. The molecule has 1 aromatic carbocycles. The van der Waals surface area contributed by atoms with Crippen LogP contribution in [0.15, 0.2) is 53.5 Å². The van der Waals surface area contributed by atoms with Crippen molar-refractivity contribution < 1.29 is 4.79 Å². The van der Waals surface area contributed by atoms with Gasteiger partial charge < -0.3 is 4.90 Å². The molecule has 0 saturated carbocycles. The summed E-state index contributed by atoms with van der Waals surface area (Å²) in [6.07, 6.45) is 3.77. The van der Waals surface area contributed by atoms with Crippen molar-refractivity contribution in [3.05, 3.63) is 64.9 Å². The first-order chi connectivity index (χ1) is 11.8. The number of aromatic nitrogens is 3. The van der Waals surface area contributed by atoms with Crippen LogP contribution in [-0.4, -0.2) is 38.7 Å². The molecule has 0 aliphatic carbocycles. The molecule has 0 N–H and O–H groups in total. The molecule has 2 aromatic heterocycles. The molecule has 3 aromatic rings. The fourth-order valence-corrected chi connectivity index (χ4v) is 3.88. The minimum Gasteiger partial charge on any atom is -0.338 e. The summed E-state index contributed by atoms with van der Waals surface area (Å²) in [4.78, 5) is 14.6. The van der Waals surface area contributed by atoms with Gasteiger partial charge in [-0.1, -0.05) is 18.2 Å². The van der Waals surface area contributed by atoms with Crippen molar-refractivity contribution in [1.82, 2.24) is 19.7 Å². The SMILES string of the molecule is O=C(c1ccsc1)N1CCCC(c2nncn2-c2ccccc2)C1. The van der Waals surface area contributed by atoms with Gasteiger partial charge in [0.2, 0.25) is 0 Å². The Kier molecular flexibility index (Phi) is 4.13. The second kappa shape index (κ2) is 6.57. The van der Waals surface area contributed by atoms with E-state index in [1.165, 1.54) is 0 Å². The van der Waals surface area contributed by atoms with Crippen LogP contribution in [0.1, 0.15) is 34.9 Å². The summed E-state index contributed by atoms with van der Waals surface area (Å²) in [6, 6.07) is 12.0. The lowest BCUT2D eigenvalue weighted by Gasteiger charge is -2.32. The van der Waals surface area contributed by atoms with Gasteiger partial charge in [-0.2, -0.15) is 11.3 Å². The van der Waals surface area contributed by atoms with E-state index >= 15 is 0 Å². The van der Waals surface area contributed by atoms with Gasteiger partial charge in [0.15, 0.2) is 0 Å². The number of thiophene rings is 1. The van der Waals surface area contributed by atoms with Gasteiger partial charge in [0.1, 0.15) is 12.2 Å². The quantitative estimate of drug-likeness (QED) is 0.736. The van der Waals surface area contributed by atoms with Gasteiger partial charge >= 0.3 is 0 Å². The summed E-state index contributed by atoms with van der Waals surface area (Å²) in [5.41, 5.74) is 1.84. The fourth-order valence-electron chi connectivity index (χ4n) is 3.25. The Labute approximate surface area is 144 Å². The molecule has 1 saturated heterocycles. The largest absolute Gasteiger partial charge is 0.338 e. The Morgan fingerprint density at radius 1 is 1.21 bits per heavy atom. The molecule has 5 nitrogen and oxygen atoms in total. The number of likely N-dealkylation sites (tertiary alicyclic amines) is 1. The van der Waals surface area contributed by atoms with E-state index in [1.807, 2.05) is 56.6 Å². The summed E-state index contributed by atoms with van der Waals surface area (Å²) in [5, 5.41) is 12.3. The Balaban J connectivity index is 1.57. The molecule has 122 valence electrons. The lowest BCUT2D eigenvalue weighted by molar-refractivity contribution is 0.0704. The Morgan fingerprint density at radius 2 is 2.08 bits per heavy atom. The number of nitrogens with zero attached hydrogens (tertiary/aromatic N) is 4. The van der Waals surface area contributed by atoms with Gasteiger partial charge in [0.05, 0.1) is 5.56 Å². The average Bonchev–Trinajstić information content (AvgIpc) is 3.34. The summed E-state index contributed by atoms with van der Waals surface area (Å²) < 4.78 is 2.03. The van der Waals surface area contributed by atoms with Crippen LogP contribution < -0.4 is 0 Å². The minimum absolute atomic E-state index is 0.117. The summed E-state index contributed by atoms with van der Waals surface area (Å²) >= 11 is 1.56. The third-order valence-electron chi connectivity index (χ3n) is 4.45. The van der Waals surface area contributed by atoms with Crippen molar-refractivity contribution in [2.75, 3.05) is 13.1 Å². The lowest BCUT2D eigenvalue weighted by Crippen LogP contribution is -2.39. The maximum Gasteiger partial charge on any atom is 0.254 e. The number of hydrogen-bond acceptors (Lipinski definition) is 4. The first kappa shape index (κ1) is 15.1. The number of carbonyl (C=O) groups excluding carboxylic acids is 1. The standard InChI is InChI=1S/C18H18N4OS/c23-18(15-8-10-24-12-15)21-9-4-5-14(11-21)17-20-19-13-22(17)16-6-2-1-3-7-16/h1-3,6-8,10,12-14H,4-5,9,11H2. The number of amides is 1. The number of para-hydroxylation sites is 1. The van der Waals surface area contributed by atoms with Crippen molar-refractivity contribution in [3.63, 3.8) is 0 Å². The highest BCUT2D eigenvalue weighted by Gasteiger charge is 2.28. The van der Waals surface area contributed by atoms with Crippen LogP contribution in [0, 0.1) is 0 Å². The highest BCUT2D eigenvalue weighted by molar-refractivity contribution is 7.08. The van der Waals surface area contributed by atoms with Gasteiger partial charge in [-0.05, 0) is 36.4 Å². The number of rotatable bonds is 3. The monoisotopic (exact) mass is 338 g/mol. The van der Waals surface area contributed by atoms with Gasteiger partial charge in [-0.25, -0.2) is 0 Å². The number of piperidine rings is 1. The first-order valence-electron chi connectivity index (χ1n) is 8.10. The molecule has 0 spiro atoms. The molecule has 0 radical (unpaired) electrons. The second-order valence-electron chi connectivity index (χ2n) is 6.00. The van der Waals surface area contributed by atoms with Crippen molar-refractivity contribution in [3.8, 4) is 5.69 Å². The fraction of sp³-hybridized carbons (Fsp3) is 0.278. The zero-order valence-corrected chi connectivity index (χ0v) is 14.0. The van der Waals surface area contributed by atoms with Crippen LogP contribution in [0.3, 0.4) is 0 Å². The topological polar surface area (TPSA) is 51.0 Å². The molecule has 1 aliphatic heterocycles. The number of carbonyl (C=O) groups is 1. The van der Waals surface area contributed by atoms with E-state index in [0.717, 1.165) is 36.5 Å². The van der Waals surface area contributed by atoms with Gasteiger partial charge in [-0.15, -0.1) is 10.2 Å². The molecular formula is C18H18N4OS. The zero-order valence-electron chi connectivity index (χ0n) is 13.2. The van der Waals surface area contributed by atoms with Gasteiger partial charge in [0.25, 0.3) is 5.91 Å². The van der Waals surface area contributed by atoms with E-state index < -0.39 is 0 Å². The normalized spacial score (nSPS) is 17.8. The third kappa shape index (κ3) is 2.85. The molecule has 1 unspecified atom stereocenters. The zero-order chi connectivity index (χ0) is 16.4. The van der Waals surface area contributed by atoms with Crippen LogP contribution in [0.4, 0.5) is 0 Å². The third-order valence-corrected chi connectivity index (χ3v) is 5.13. The average molecular weight is 338 g/mol. The molecule has 1 atom stereocenters. The Bertz CT molecular complexity index is 813. The Hall–Kier alpha value is -2.47. The van der Waals surface area contributed by atoms with E-state index in [1.54, 1.807) is 17.7 Å². The number of benzene rings is 1. The van der Waals surface area contributed by atoms with Crippen LogP contribution in [-0.2, 0) is 0 Å². The van der Waals surface area contributed by atoms with Crippen molar-refractivity contribution in [2.24, 2.45) is 0 Å². The van der Waals surface area contributed by atoms with E-state index in [9.17, 15) is 4.79 Å². The van der Waals surface area contributed by atoms with Gasteiger partial charge in [0, 0.05) is 30.1 Å². The number of hydrogen-bond donors (Lipinski definition) is 0. The van der Waals surface area contributed by atoms with Crippen LogP contribution in [0.5, 0.6) is 0 Å². The van der Waals surface area contributed by atoms with E-state index in [4.69, 9.17) is 0 Å². The van der Waals surface area contributed by atoms with E-state index in [0.29, 0.717) is 6.54 Å². The smallest absolute Gasteiger partial charge is 0.254 e.